The van der Waals surface area contributed by atoms with E-state index in [1.54, 1.807) is 12.1 Å². The molecule has 2 rings (SSSR count). The molecule has 0 aliphatic rings. The van der Waals surface area contributed by atoms with Gasteiger partial charge in [0.15, 0.2) is 0 Å². The average Bonchev–Trinajstić information content (AvgIpc) is 2.99. The van der Waals surface area contributed by atoms with Crippen molar-refractivity contribution < 1.29 is 22.4 Å². The number of carbonyl (C=O) groups excluding carboxylic acids is 1. The molecule has 114 valence electrons. The van der Waals surface area contributed by atoms with Gasteiger partial charge in [-0.15, -0.1) is 0 Å². The number of urea groups is 1. The van der Waals surface area contributed by atoms with Crippen molar-refractivity contribution >= 4 is 11.7 Å². The maximum absolute atomic E-state index is 12.2. The van der Waals surface area contributed by atoms with Crippen molar-refractivity contribution in [2.75, 3.05) is 12.4 Å². The number of anilines is 1. The van der Waals surface area contributed by atoms with E-state index < -0.39 is 18.8 Å². The minimum atomic E-state index is -4.36. The van der Waals surface area contributed by atoms with Gasteiger partial charge in [-0.1, -0.05) is 0 Å². The van der Waals surface area contributed by atoms with E-state index in [4.69, 9.17) is 4.42 Å². The zero-order chi connectivity index (χ0) is 15.5. The van der Waals surface area contributed by atoms with Gasteiger partial charge in [0.05, 0.1) is 24.7 Å². The highest BCUT2D eigenvalue weighted by Crippen LogP contribution is 2.18. The lowest BCUT2D eigenvalue weighted by Gasteiger charge is -2.15. The van der Waals surface area contributed by atoms with E-state index in [0.29, 0.717) is 10.4 Å². The van der Waals surface area contributed by atoms with Crippen LogP contribution in [0.2, 0.25) is 0 Å². The second-order valence-electron chi connectivity index (χ2n) is 4.41. The van der Waals surface area contributed by atoms with Crippen LogP contribution in [0, 0.1) is 0 Å². The van der Waals surface area contributed by atoms with Gasteiger partial charge < -0.3 is 14.6 Å². The Bertz CT molecular complexity index is 592. The van der Waals surface area contributed by atoms with Crippen molar-refractivity contribution in [2.24, 2.45) is 0 Å². The zero-order valence-corrected chi connectivity index (χ0v) is 11.1. The molecule has 0 saturated heterocycles. The molecule has 0 atom stereocenters. The van der Waals surface area contributed by atoms with Gasteiger partial charge in [-0.2, -0.15) is 18.3 Å². The summed E-state index contributed by atoms with van der Waals surface area (Å²) in [5.41, 5.74) is 0.190. The van der Waals surface area contributed by atoms with E-state index in [-0.39, 0.29) is 12.2 Å². The zero-order valence-electron chi connectivity index (χ0n) is 11.1. The van der Waals surface area contributed by atoms with E-state index in [1.807, 2.05) is 0 Å². The molecule has 0 aliphatic carbocycles. The topological polar surface area (TPSA) is 63.3 Å². The van der Waals surface area contributed by atoms with Crippen molar-refractivity contribution in [3.8, 4) is 0 Å². The van der Waals surface area contributed by atoms with Gasteiger partial charge in [0.2, 0.25) is 0 Å². The fraction of sp³-hybridized carbons (Fsp3) is 0.333. The third kappa shape index (κ3) is 4.55. The number of carbonyl (C=O) groups is 1. The predicted molar refractivity (Wildman–Crippen MR) is 67.5 cm³/mol. The van der Waals surface area contributed by atoms with E-state index in [9.17, 15) is 18.0 Å². The van der Waals surface area contributed by atoms with Gasteiger partial charge in [-0.3, -0.25) is 4.68 Å². The van der Waals surface area contributed by atoms with Crippen LogP contribution in [0.1, 0.15) is 5.76 Å². The molecule has 21 heavy (non-hydrogen) atoms. The highest BCUT2D eigenvalue weighted by molar-refractivity contribution is 5.88. The Morgan fingerprint density at radius 3 is 2.90 bits per heavy atom. The van der Waals surface area contributed by atoms with Crippen LogP contribution in [0.25, 0.3) is 0 Å². The van der Waals surface area contributed by atoms with Gasteiger partial charge >= 0.3 is 12.2 Å². The Hall–Kier alpha value is -2.45. The molecule has 0 saturated carbocycles. The average molecular weight is 302 g/mol. The summed E-state index contributed by atoms with van der Waals surface area (Å²) in [6.45, 7) is -0.958. The Morgan fingerprint density at radius 1 is 1.52 bits per heavy atom. The lowest BCUT2D eigenvalue weighted by Crippen LogP contribution is -2.30. The Balaban J connectivity index is 1.90. The molecule has 0 unspecified atom stereocenters. The number of furan rings is 1. The number of halogens is 3. The molecule has 0 radical (unpaired) electrons. The predicted octanol–water partition coefficient (Wildman–Crippen LogP) is 2.70. The second-order valence-corrected chi connectivity index (χ2v) is 4.41. The first-order chi connectivity index (χ1) is 9.83. The fourth-order valence-corrected chi connectivity index (χ4v) is 1.63. The molecule has 0 aliphatic heterocycles. The van der Waals surface area contributed by atoms with Gasteiger partial charge in [-0.25, -0.2) is 4.79 Å². The van der Waals surface area contributed by atoms with Crippen molar-refractivity contribution in [1.82, 2.24) is 14.7 Å². The Kier molecular flexibility index (Phi) is 4.20. The Morgan fingerprint density at radius 2 is 2.29 bits per heavy atom. The molecule has 2 amide bonds. The summed E-state index contributed by atoms with van der Waals surface area (Å²) in [6.07, 6.45) is -0.595. The van der Waals surface area contributed by atoms with Crippen molar-refractivity contribution in [2.45, 2.75) is 19.3 Å². The highest BCUT2D eigenvalue weighted by Gasteiger charge is 2.28. The molecular weight excluding hydrogens is 289 g/mol. The summed E-state index contributed by atoms with van der Waals surface area (Å²) in [5, 5.41) is 5.99. The molecule has 0 spiro atoms. The highest BCUT2D eigenvalue weighted by atomic mass is 19.4. The van der Waals surface area contributed by atoms with Gasteiger partial charge in [0.25, 0.3) is 0 Å². The monoisotopic (exact) mass is 302 g/mol. The number of nitrogens with zero attached hydrogens (tertiary/aromatic N) is 3. The number of hydrogen-bond acceptors (Lipinski definition) is 3. The van der Waals surface area contributed by atoms with Crippen molar-refractivity contribution in [3.05, 3.63) is 36.5 Å². The lowest BCUT2D eigenvalue weighted by molar-refractivity contribution is -0.142. The van der Waals surface area contributed by atoms with Gasteiger partial charge in [0, 0.05) is 13.2 Å². The minimum Gasteiger partial charge on any atom is -0.467 e. The minimum absolute atomic E-state index is 0.190. The molecule has 2 aromatic heterocycles. The number of aromatic nitrogens is 2. The molecule has 0 fully saturated rings. The molecule has 2 aromatic rings. The summed E-state index contributed by atoms with van der Waals surface area (Å²) in [6, 6.07) is 2.94. The van der Waals surface area contributed by atoms with E-state index >= 15 is 0 Å². The first-order valence-corrected chi connectivity index (χ1v) is 5.97. The maximum atomic E-state index is 12.2. The van der Waals surface area contributed by atoms with Crippen LogP contribution in [0.5, 0.6) is 0 Å². The summed E-state index contributed by atoms with van der Waals surface area (Å²) in [4.78, 5) is 13.2. The third-order valence-electron chi connectivity index (χ3n) is 2.55. The standard InChI is InChI=1S/C12H13F3N4O2/c1-18(7-10-3-2-4-21-10)11(20)17-9-5-16-19(6-9)8-12(13,14)15/h2-6H,7-8H2,1H3,(H,17,20). The molecule has 6 nitrogen and oxygen atoms in total. The van der Waals surface area contributed by atoms with Gasteiger partial charge in [0.1, 0.15) is 12.3 Å². The number of hydrogen-bond donors (Lipinski definition) is 1. The van der Waals surface area contributed by atoms with Crippen molar-refractivity contribution in [3.63, 3.8) is 0 Å². The number of amides is 2. The largest absolute Gasteiger partial charge is 0.467 e. The third-order valence-corrected chi connectivity index (χ3v) is 2.55. The van der Waals surface area contributed by atoms with E-state index in [2.05, 4.69) is 10.4 Å². The fourth-order valence-electron chi connectivity index (χ4n) is 1.63. The number of nitrogens with one attached hydrogen (secondary N) is 1. The van der Waals surface area contributed by atoms with Crippen LogP contribution in [-0.2, 0) is 13.1 Å². The molecule has 9 heteroatoms. The summed E-state index contributed by atoms with van der Waals surface area (Å²) >= 11 is 0. The van der Waals surface area contributed by atoms with Crippen LogP contribution in [-0.4, -0.2) is 33.9 Å². The SMILES string of the molecule is CN(Cc1ccco1)C(=O)Nc1cnn(CC(F)(F)F)c1. The molecule has 0 aromatic carbocycles. The van der Waals surface area contributed by atoms with Gasteiger partial charge in [-0.05, 0) is 12.1 Å². The van der Waals surface area contributed by atoms with Crippen LogP contribution >= 0.6 is 0 Å². The number of alkyl halides is 3. The van der Waals surface area contributed by atoms with Crippen LogP contribution in [0.3, 0.4) is 0 Å². The first kappa shape index (κ1) is 14.9. The molecule has 0 bridgehead atoms. The normalized spacial score (nSPS) is 11.4. The lowest BCUT2D eigenvalue weighted by atomic mass is 10.4. The molecular formula is C12H13F3N4O2. The van der Waals surface area contributed by atoms with Crippen molar-refractivity contribution in [1.29, 1.82) is 0 Å². The second kappa shape index (κ2) is 5.90. The quantitative estimate of drug-likeness (QED) is 0.944. The van der Waals surface area contributed by atoms with E-state index in [0.717, 1.165) is 12.4 Å². The van der Waals surface area contributed by atoms with Crippen LogP contribution < -0.4 is 5.32 Å². The maximum Gasteiger partial charge on any atom is 0.408 e. The summed E-state index contributed by atoms with van der Waals surface area (Å²) < 4.78 is 42.4. The smallest absolute Gasteiger partial charge is 0.408 e. The molecule has 2 heterocycles. The summed E-state index contributed by atoms with van der Waals surface area (Å²) in [5.74, 6) is 0.598. The first-order valence-electron chi connectivity index (χ1n) is 5.97. The molecule has 1 N–H and O–H groups in total. The van der Waals surface area contributed by atoms with Crippen LogP contribution in [0.15, 0.2) is 35.2 Å². The Labute approximate surface area is 118 Å². The van der Waals surface area contributed by atoms with Crippen LogP contribution in [0.4, 0.5) is 23.7 Å². The number of rotatable bonds is 4. The van der Waals surface area contributed by atoms with E-state index in [1.165, 1.54) is 18.2 Å². The summed E-state index contributed by atoms with van der Waals surface area (Å²) in [7, 11) is 1.54.